The highest BCUT2D eigenvalue weighted by Crippen LogP contribution is 2.33. The molecule has 1 aliphatic heterocycles. The number of amides is 2. The van der Waals surface area contributed by atoms with Crippen molar-refractivity contribution in [2.24, 2.45) is 0 Å². The van der Waals surface area contributed by atoms with Gasteiger partial charge < -0.3 is 0 Å². The normalized spacial score (nSPS) is 24.5. The molecule has 13 heavy (non-hydrogen) atoms. The lowest BCUT2D eigenvalue weighted by Gasteiger charge is -2.24. The molecule has 5 heteroatoms. The minimum atomic E-state index is 0.0168. The van der Waals surface area contributed by atoms with Crippen molar-refractivity contribution < 1.29 is 4.79 Å². The molecule has 0 aromatic heterocycles. The molecule has 0 atom stereocenters. The first-order valence-electron chi connectivity index (χ1n) is 4.36. The molecule has 2 rings (SSSR count). The minimum absolute atomic E-state index is 0.0168. The summed E-state index contributed by atoms with van der Waals surface area (Å²) in [7, 11) is 1.75. The standard InChI is InChI=1S/C8H12BrN3O/c1-11-8(13)12(6-2-3-6)7(9)4-5-10-11/h4,6,10H,2-3,5H2,1H3. The SMILES string of the molecule is CN1NCC=C(Br)N(C2CC2)C1=O. The number of urea groups is 1. The molecule has 2 aliphatic rings. The Morgan fingerprint density at radius 1 is 1.62 bits per heavy atom. The third-order valence-electron chi connectivity index (χ3n) is 2.23. The number of hydrogen-bond donors (Lipinski definition) is 1. The molecule has 0 bridgehead atoms. The van der Waals surface area contributed by atoms with E-state index in [1.54, 1.807) is 11.9 Å². The smallest absolute Gasteiger partial charge is 0.284 e. The van der Waals surface area contributed by atoms with Gasteiger partial charge in [0, 0.05) is 19.6 Å². The first kappa shape index (κ1) is 9.02. The van der Waals surface area contributed by atoms with E-state index in [1.165, 1.54) is 5.01 Å². The molecular weight excluding hydrogens is 234 g/mol. The van der Waals surface area contributed by atoms with E-state index >= 15 is 0 Å². The molecule has 1 heterocycles. The van der Waals surface area contributed by atoms with Gasteiger partial charge in [-0.15, -0.1) is 0 Å². The van der Waals surface area contributed by atoms with Crippen LogP contribution in [0.1, 0.15) is 12.8 Å². The zero-order valence-corrected chi connectivity index (χ0v) is 9.04. The summed E-state index contributed by atoms with van der Waals surface area (Å²) >= 11 is 3.41. The summed E-state index contributed by atoms with van der Waals surface area (Å²) in [5.41, 5.74) is 2.97. The summed E-state index contributed by atoms with van der Waals surface area (Å²) < 4.78 is 0.886. The fraction of sp³-hybridized carbons (Fsp3) is 0.625. The van der Waals surface area contributed by atoms with E-state index in [1.807, 2.05) is 6.08 Å². The van der Waals surface area contributed by atoms with Crippen LogP contribution in [0.2, 0.25) is 0 Å². The van der Waals surface area contributed by atoms with Crippen LogP contribution in [0.15, 0.2) is 10.7 Å². The third-order valence-corrected chi connectivity index (χ3v) is 2.94. The highest BCUT2D eigenvalue weighted by atomic mass is 79.9. The molecule has 0 aromatic carbocycles. The van der Waals surface area contributed by atoms with Crippen LogP contribution < -0.4 is 5.43 Å². The summed E-state index contributed by atoms with van der Waals surface area (Å²) in [4.78, 5) is 13.6. The van der Waals surface area contributed by atoms with Crippen LogP contribution in [0.25, 0.3) is 0 Å². The maximum Gasteiger partial charge on any atom is 0.339 e. The average molecular weight is 246 g/mol. The van der Waals surface area contributed by atoms with E-state index in [9.17, 15) is 4.79 Å². The van der Waals surface area contributed by atoms with Crippen LogP contribution in [0.5, 0.6) is 0 Å². The van der Waals surface area contributed by atoms with Gasteiger partial charge in [-0.25, -0.2) is 10.2 Å². The molecule has 0 unspecified atom stereocenters. The second-order valence-electron chi connectivity index (χ2n) is 3.33. The van der Waals surface area contributed by atoms with Gasteiger partial charge in [-0.1, -0.05) is 0 Å². The Bertz CT molecular complexity index is 262. The van der Waals surface area contributed by atoms with Gasteiger partial charge in [-0.05, 0) is 34.8 Å². The van der Waals surface area contributed by atoms with Crippen molar-refractivity contribution >= 4 is 22.0 Å². The summed E-state index contributed by atoms with van der Waals surface area (Å²) in [5.74, 6) is 0. The predicted octanol–water partition coefficient (Wildman–Crippen LogP) is 1.26. The fourth-order valence-corrected chi connectivity index (χ4v) is 1.95. The van der Waals surface area contributed by atoms with Gasteiger partial charge in [0.25, 0.3) is 0 Å². The van der Waals surface area contributed by atoms with Gasteiger partial charge in [-0.2, -0.15) is 0 Å². The predicted molar refractivity (Wildman–Crippen MR) is 53.0 cm³/mol. The number of carbonyl (C=O) groups excluding carboxylic acids is 1. The third kappa shape index (κ3) is 1.71. The highest BCUT2D eigenvalue weighted by Gasteiger charge is 2.36. The fourth-order valence-electron chi connectivity index (χ4n) is 1.35. The van der Waals surface area contributed by atoms with E-state index in [-0.39, 0.29) is 6.03 Å². The van der Waals surface area contributed by atoms with Crippen molar-refractivity contribution in [1.82, 2.24) is 15.3 Å². The van der Waals surface area contributed by atoms with Crippen molar-refractivity contribution in [2.45, 2.75) is 18.9 Å². The maximum absolute atomic E-state index is 11.8. The summed E-state index contributed by atoms with van der Waals surface area (Å²) in [6, 6.07) is 0.420. The van der Waals surface area contributed by atoms with E-state index in [0.29, 0.717) is 12.6 Å². The first-order valence-corrected chi connectivity index (χ1v) is 5.15. The lowest BCUT2D eigenvalue weighted by atomic mass is 10.5. The Hall–Kier alpha value is -0.550. The Morgan fingerprint density at radius 3 is 2.92 bits per heavy atom. The van der Waals surface area contributed by atoms with Crippen molar-refractivity contribution in [3.8, 4) is 0 Å². The molecular formula is C8H12BrN3O. The largest absolute Gasteiger partial charge is 0.339 e. The zero-order chi connectivity index (χ0) is 9.42. The number of hydrazine groups is 1. The Kier molecular flexibility index (Phi) is 2.29. The van der Waals surface area contributed by atoms with Gasteiger partial charge in [0.1, 0.15) is 0 Å². The summed E-state index contributed by atoms with van der Waals surface area (Å²) in [5, 5.41) is 1.53. The number of hydrogen-bond acceptors (Lipinski definition) is 2. The van der Waals surface area contributed by atoms with Crippen LogP contribution in [0.4, 0.5) is 4.79 Å². The molecule has 1 saturated carbocycles. The number of rotatable bonds is 1. The second-order valence-corrected chi connectivity index (χ2v) is 4.14. The average Bonchev–Trinajstić information content (AvgIpc) is 2.87. The van der Waals surface area contributed by atoms with Crippen molar-refractivity contribution in [3.63, 3.8) is 0 Å². The van der Waals surface area contributed by atoms with Gasteiger partial charge in [0.2, 0.25) is 0 Å². The van der Waals surface area contributed by atoms with Crippen molar-refractivity contribution in [2.75, 3.05) is 13.6 Å². The molecule has 0 saturated heterocycles. The molecule has 1 fully saturated rings. The van der Waals surface area contributed by atoms with Crippen molar-refractivity contribution in [1.29, 1.82) is 0 Å². The van der Waals surface area contributed by atoms with Crippen LogP contribution in [-0.4, -0.2) is 35.6 Å². The van der Waals surface area contributed by atoms with Crippen LogP contribution in [-0.2, 0) is 0 Å². The van der Waals surface area contributed by atoms with Crippen molar-refractivity contribution in [3.05, 3.63) is 10.7 Å². The number of halogens is 1. The molecule has 1 N–H and O–H groups in total. The zero-order valence-electron chi connectivity index (χ0n) is 7.46. The number of nitrogens with one attached hydrogen (secondary N) is 1. The summed E-state index contributed by atoms with van der Waals surface area (Å²) in [6.45, 7) is 0.687. The summed E-state index contributed by atoms with van der Waals surface area (Å²) in [6.07, 6.45) is 4.20. The highest BCUT2D eigenvalue weighted by molar-refractivity contribution is 9.11. The van der Waals surface area contributed by atoms with E-state index in [2.05, 4.69) is 21.4 Å². The monoisotopic (exact) mass is 245 g/mol. The Labute approximate surface area is 85.7 Å². The quantitative estimate of drug-likeness (QED) is 0.707. The van der Waals surface area contributed by atoms with Gasteiger partial charge >= 0.3 is 6.03 Å². The molecule has 0 radical (unpaired) electrons. The topological polar surface area (TPSA) is 35.6 Å². The van der Waals surface area contributed by atoms with Gasteiger partial charge in [-0.3, -0.25) is 9.91 Å². The Morgan fingerprint density at radius 2 is 2.31 bits per heavy atom. The van der Waals surface area contributed by atoms with E-state index in [0.717, 1.165) is 17.4 Å². The van der Waals surface area contributed by atoms with Crippen LogP contribution >= 0.6 is 15.9 Å². The van der Waals surface area contributed by atoms with Gasteiger partial charge in [0.15, 0.2) is 0 Å². The lowest BCUT2D eigenvalue weighted by molar-refractivity contribution is 0.163. The molecule has 2 amide bonds. The molecule has 4 nitrogen and oxygen atoms in total. The number of nitrogens with zero attached hydrogens (tertiary/aromatic N) is 2. The molecule has 0 aromatic rings. The molecule has 72 valence electrons. The first-order chi connectivity index (χ1) is 6.20. The molecule has 0 spiro atoms. The van der Waals surface area contributed by atoms with Crippen LogP contribution in [0.3, 0.4) is 0 Å². The number of carbonyl (C=O) groups is 1. The Balaban J connectivity index is 2.20. The van der Waals surface area contributed by atoms with E-state index < -0.39 is 0 Å². The van der Waals surface area contributed by atoms with E-state index in [4.69, 9.17) is 0 Å². The molecule has 1 aliphatic carbocycles. The lowest BCUT2D eigenvalue weighted by Crippen LogP contribution is -2.45. The minimum Gasteiger partial charge on any atom is -0.284 e. The second kappa shape index (κ2) is 3.31. The van der Waals surface area contributed by atoms with Gasteiger partial charge in [0.05, 0.1) is 4.61 Å². The van der Waals surface area contributed by atoms with Crippen LogP contribution in [0, 0.1) is 0 Å². The maximum atomic E-state index is 11.8.